The summed E-state index contributed by atoms with van der Waals surface area (Å²) in [6.45, 7) is 5.66. The van der Waals surface area contributed by atoms with Gasteiger partial charge in [-0.25, -0.2) is 4.98 Å². The molecule has 1 aliphatic carbocycles. The van der Waals surface area contributed by atoms with E-state index >= 15 is 0 Å². The van der Waals surface area contributed by atoms with E-state index < -0.39 is 0 Å². The van der Waals surface area contributed by atoms with Crippen LogP contribution in [0.5, 0.6) is 0 Å². The molecule has 3 rings (SSSR count). The van der Waals surface area contributed by atoms with Crippen LogP contribution in [-0.4, -0.2) is 11.0 Å². The largest absolute Gasteiger partial charge is 0.467 e. The highest BCUT2D eigenvalue weighted by molar-refractivity contribution is 5.46. The molecule has 2 aromatic rings. The van der Waals surface area contributed by atoms with E-state index in [0.29, 0.717) is 18.5 Å². The molecule has 21 heavy (non-hydrogen) atoms. The van der Waals surface area contributed by atoms with Gasteiger partial charge in [0.05, 0.1) is 12.8 Å². The van der Waals surface area contributed by atoms with Gasteiger partial charge in [0.25, 0.3) is 0 Å². The molecule has 0 radical (unpaired) electrons. The van der Waals surface area contributed by atoms with Crippen LogP contribution in [0.4, 0.5) is 5.82 Å². The summed E-state index contributed by atoms with van der Waals surface area (Å²) >= 11 is 0. The lowest BCUT2D eigenvalue weighted by atomic mass is 10.1. The predicted molar refractivity (Wildman–Crippen MR) is 84.1 cm³/mol. The Hall–Kier alpha value is -1.81. The normalized spacial score (nSPS) is 14.7. The maximum Gasteiger partial charge on any atom is 0.129 e. The molecule has 1 fully saturated rings. The fourth-order valence-electron chi connectivity index (χ4n) is 2.51. The van der Waals surface area contributed by atoms with Gasteiger partial charge in [0.2, 0.25) is 0 Å². The van der Waals surface area contributed by atoms with Gasteiger partial charge >= 0.3 is 0 Å². The molecule has 0 amide bonds. The van der Waals surface area contributed by atoms with Gasteiger partial charge in [-0.15, -0.1) is 0 Å². The SMILES string of the molecule is CC(C)c1cc(CN)cc(N(Cc2ccco2)C2CC2)n1. The number of nitrogens with two attached hydrogens (primary N) is 1. The van der Waals surface area contributed by atoms with Crippen molar-refractivity contribution in [2.24, 2.45) is 5.73 Å². The Morgan fingerprint density at radius 1 is 1.38 bits per heavy atom. The molecule has 4 heteroatoms. The Morgan fingerprint density at radius 2 is 2.19 bits per heavy atom. The first-order valence-electron chi connectivity index (χ1n) is 7.67. The highest BCUT2D eigenvalue weighted by atomic mass is 16.3. The van der Waals surface area contributed by atoms with Crippen molar-refractivity contribution in [3.05, 3.63) is 47.5 Å². The molecule has 112 valence electrons. The van der Waals surface area contributed by atoms with Gasteiger partial charge in [-0.05, 0) is 48.6 Å². The Bertz CT molecular complexity index is 588. The van der Waals surface area contributed by atoms with E-state index in [1.807, 2.05) is 12.1 Å². The lowest BCUT2D eigenvalue weighted by molar-refractivity contribution is 0.500. The summed E-state index contributed by atoms with van der Waals surface area (Å²) in [5, 5.41) is 0. The van der Waals surface area contributed by atoms with Crippen molar-refractivity contribution < 1.29 is 4.42 Å². The fourth-order valence-corrected chi connectivity index (χ4v) is 2.51. The number of pyridine rings is 1. The summed E-state index contributed by atoms with van der Waals surface area (Å²) in [5.74, 6) is 2.41. The summed E-state index contributed by atoms with van der Waals surface area (Å²) < 4.78 is 5.50. The average molecular weight is 285 g/mol. The topological polar surface area (TPSA) is 55.3 Å². The zero-order valence-corrected chi connectivity index (χ0v) is 12.7. The Morgan fingerprint density at radius 3 is 2.76 bits per heavy atom. The molecule has 2 heterocycles. The zero-order chi connectivity index (χ0) is 14.8. The third-order valence-corrected chi connectivity index (χ3v) is 3.91. The lowest BCUT2D eigenvalue weighted by Gasteiger charge is -2.24. The third-order valence-electron chi connectivity index (χ3n) is 3.91. The van der Waals surface area contributed by atoms with Crippen molar-refractivity contribution >= 4 is 5.82 Å². The summed E-state index contributed by atoms with van der Waals surface area (Å²) in [4.78, 5) is 7.20. The van der Waals surface area contributed by atoms with Crippen molar-refractivity contribution in [3.63, 3.8) is 0 Å². The fraction of sp³-hybridized carbons (Fsp3) is 0.471. The quantitative estimate of drug-likeness (QED) is 0.883. The number of nitrogens with zero attached hydrogens (tertiary/aromatic N) is 2. The van der Waals surface area contributed by atoms with Crippen molar-refractivity contribution in [2.45, 2.75) is 51.7 Å². The molecule has 0 saturated heterocycles. The average Bonchev–Trinajstić information content (AvgIpc) is 3.20. The second kappa shape index (κ2) is 5.90. The van der Waals surface area contributed by atoms with E-state index in [0.717, 1.165) is 29.4 Å². The molecule has 2 aromatic heterocycles. The van der Waals surface area contributed by atoms with Gasteiger partial charge in [-0.1, -0.05) is 13.8 Å². The van der Waals surface area contributed by atoms with E-state index in [1.54, 1.807) is 6.26 Å². The number of rotatable bonds is 6. The molecule has 0 bridgehead atoms. The lowest BCUT2D eigenvalue weighted by Crippen LogP contribution is -2.26. The molecule has 0 aliphatic heterocycles. The van der Waals surface area contributed by atoms with Gasteiger partial charge in [-0.3, -0.25) is 0 Å². The molecule has 0 atom stereocenters. The predicted octanol–water partition coefficient (Wildman–Crippen LogP) is 3.43. The summed E-state index contributed by atoms with van der Waals surface area (Å²) in [5.41, 5.74) is 8.11. The molecule has 0 unspecified atom stereocenters. The van der Waals surface area contributed by atoms with Crippen LogP contribution < -0.4 is 10.6 Å². The zero-order valence-electron chi connectivity index (χ0n) is 12.7. The number of hydrogen-bond donors (Lipinski definition) is 1. The van der Waals surface area contributed by atoms with E-state index in [9.17, 15) is 0 Å². The molecular formula is C17H23N3O. The molecule has 4 nitrogen and oxygen atoms in total. The number of furan rings is 1. The summed E-state index contributed by atoms with van der Waals surface area (Å²) in [7, 11) is 0. The minimum atomic E-state index is 0.403. The van der Waals surface area contributed by atoms with Crippen molar-refractivity contribution in [2.75, 3.05) is 4.90 Å². The van der Waals surface area contributed by atoms with Crippen LogP contribution in [0.15, 0.2) is 34.9 Å². The van der Waals surface area contributed by atoms with E-state index in [4.69, 9.17) is 15.1 Å². The third kappa shape index (κ3) is 3.27. The van der Waals surface area contributed by atoms with Gasteiger partial charge in [-0.2, -0.15) is 0 Å². The van der Waals surface area contributed by atoms with Crippen LogP contribution in [0.1, 0.15) is 49.6 Å². The first kappa shape index (κ1) is 14.1. The van der Waals surface area contributed by atoms with Crippen LogP contribution in [-0.2, 0) is 13.1 Å². The van der Waals surface area contributed by atoms with Gasteiger partial charge in [0.1, 0.15) is 11.6 Å². The molecule has 1 saturated carbocycles. The van der Waals surface area contributed by atoms with E-state index in [2.05, 4.69) is 30.9 Å². The van der Waals surface area contributed by atoms with Crippen LogP contribution in [0.3, 0.4) is 0 Å². The minimum absolute atomic E-state index is 0.403. The Kier molecular flexibility index (Phi) is 3.97. The molecule has 1 aliphatic rings. The summed E-state index contributed by atoms with van der Waals surface area (Å²) in [6, 6.07) is 8.77. The molecule has 2 N–H and O–H groups in total. The van der Waals surface area contributed by atoms with Crippen LogP contribution in [0.25, 0.3) is 0 Å². The van der Waals surface area contributed by atoms with Crippen LogP contribution >= 0.6 is 0 Å². The minimum Gasteiger partial charge on any atom is -0.467 e. The maximum absolute atomic E-state index is 5.85. The summed E-state index contributed by atoms with van der Waals surface area (Å²) in [6.07, 6.45) is 4.18. The van der Waals surface area contributed by atoms with Crippen LogP contribution in [0.2, 0.25) is 0 Å². The Balaban J connectivity index is 1.92. The molecule has 0 aromatic carbocycles. The maximum atomic E-state index is 5.85. The van der Waals surface area contributed by atoms with Crippen molar-refractivity contribution in [1.82, 2.24) is 4.98 Å². The Labute approximate surface area is 126 Å². The smallest absolute Gasteiger partial charge is 0.129 e. The highest BCUT2D eigenvalue weighted by Gasteiger charge is 2.31. The number of hydrogen-bond acceptors (Lipinski definition) is 4. The van der Waals surface area contributed by atoms with E-state index in [-0.39, 0.29) is 0 Å². The first-order valence-corrected chi connectivity index (χ1v) is 7.67. The van der Waals surface area contributed by atoms with Gasteiger partial charge in [0.15, 0.2) is 0 Å². The first-order chi connectivity index (χ1) is 10.2. The van der Waals surface area contributed by atoms with E-state index in [1.165, 1.54) is 12.8 Å². The number of aromatic nitrogens is 1. The van der Waals surface area contributed by atoms with Gasteiger partial charge < -0.3 is 15.1 Å². The monoisotopic (exact) mass is 285 g/mol. The second-order valence-electron chi connectivity index (χ2n) is 6.06. The van der Waals surface area contributed by atoms with Crippen LogP contribution in [0, 0.1) is 0 Å². The standard InChI is InChI=1S/C17H23N3O/c1-12(2)16-8-13(10-18)9-17(19-16)20(14-5-6-14)11-15-4-3-7-21-15/h3-4,7-9,12,14H,5-6,10-11,18H2,1-2H3. The number of anilines is 1. The molecular weight excluding hydrogens is 262 g/mol. The van der Waals surface area contributed by atoms with Gasteiger partial charge in [0, 0.05) is 18.3 Å². The molecule has 0 spiro atoms. The van der Waals surface area contributed by atoms with Crippen molar-refractivity contribution in [3.8, 4) is 0 Å². The highest BCUT2D eigenvalue weighted by Crippen LogP contribution is 2.33. The second-order valence-corrected chi connectivity index (χ2v) is 6.06. The van der Waals surface area contributed by atoms with Crippen molar-refractivity contribution in [1.29, 1.82) is 0 Å².